The summed E-state index contributed by atoms with van der Waals surface area (Å²) in [6.45, 7) is 0. The first-order chi connectivity index (χ1) is 12.0. The van der Waals surface area contributed by atoms with Crippen LogP contribution in [0.1, 0.15) is 12.0 Å². The average Bonchev–Trinajstić information content (AvgIpc) is 3.28. The van der Waals surface area contributed by atoms with Crippen molar-refractivity contribution in [3.63, 3.8) is 0 Å². The van der Waals surface area contributed by atoms with Crippen molar-refractivity contribution in [3.05, 3.63) is 46.0 Å². The molecule has 128 valence electrons. The third-order valence-electron chi connectivity index (χ3n) is 5.17. The van der Waals surface area contributed by atoms with Gasteiger partial charge in [0.2, 0.25) is 0 Å². The zero-order valence-corrected chi connectivity index (χ0v) is 13.4. The highest BCUT2D eigenvalue weighted by molar-refractivity contribution is 6.06. The molecule has 0 aromatic heterocycles. The van der Waals surface area contributed by atoms with Crippen molar-refractivity contribution in [1.29, 1.82) is 0 Å². The number of hydrogen-bond acceptors (Lipinski definition) is 6. The van der Waals surface area contributed by atoms with Crippen LogP contribution in [0.5, 0.6) is 5.75 Å². The maximum Gasteiger partial charge on any atom is 0.311 e. The van der Waals surface area contributed by atoms with Crippen LogP contribution in [-0.2, 0) is 9.59 Å². The first kappa shape index (κ1) is 15.5. The first-order valence-electron chi connectivity index (χ1n) is 7.94. The summed E-state index contributed by atoms with van der Waals surface area (Å²) >= 11 is 0. The van der Waals surface area contributed by atoms with Crippen LogP contribution in [0, 0.1) is 33.8 Å². The van der Waals surface area contributed by atoms with Crippen LogP contribution < -0.4 is 4.74 Å². The van der Waals surface area contributed by atoms with Gasteiger partial charge in [-0.1, -0.05) is 12.2 Å². The number of hydrogen-bond donors (Lipinski definition) is 0. The minimum absolute atomic E-state index is 0.119. The second-order valence-electron chi connectivity index (χ2n) is 6.42. The number of carbonyl (C=O) groups is 2. The van der Waals surface area contributed by atoms with Crippen molar-refractivity contribution in [2.45, 2.75) is 6.42 Å². The van der Waals surface area contributed by atoms with Gasteiger partial charge in [0.1, 0.15) is 0 Å². The maximum atomic E-state index is 12.5. The number of amides is 2. The van der Waals surface area contributed by atoms with E-state index < -0.39 is 4.92 Å². The Labute approximate surface area is 142 Å². The molecule has 4 atom stereocenters. The highest BCUT2D eigenvalue weighted by Gasteiger charge is 2.59. The molecule has 0 spiro atoms. The summed E-state index contributed by atoms with van der Waals surface area (Å²) in [6.07, 6.45) is 6.17. The lowest BCUT2D eigenvalue weighted by molar-refractivity contribution is -0.385. The minimum atomic E-state index is -0.559. The Kier molecular flexibility index (Phi) is 3.41. The molecule has 2 aliphatic carbocycles. The summed E-state index contributed by atoms with van der Waals surface area (Å²) in [5.74, 6) is -0.831. The third kappa shape index (κ3) is 2.25. The van der Waals surface area contributed by atoms with Gasteiger partial charge in [0, 0.05) is 11.6 Å². The lowest BCUT2D eigenvalue weighted by atomic mass is 9.85. The Morgan fingerprint density at radius 2 is 1.88 bits per heavy atom. The number of fused-ring (bicyclic) bond motifs is 5. The smallest absolute Gasteiger partial charge is 0.311 e. The molecule has 25 heavy (non-hydrogen) atoms. The van der Waals surface area contributed by atoms with Gasteiger partial charge in [0.05, 0.1) is 30.1 Å². The van der Waals surface area contributed by atoms with Gasteiger partial charge in [-0.2, -0.15) is 10.1 Å². The molecule has 2 amide bonds. The van der Waals surface area contributed by atoms with E-state index in [0.29, 0.717) is 5.56 Å². The van der Waals surface area contributed by atoms with E-state index in [1.54, 1.807) is 6.07 Å². The Bertz CT molecular complexity index is 817. The molecular weight excluding hydrogens is 326 g/mol. The number of methoxy groups -OCH3 is 1. The second-order valence-corrected chi connectivity index (χ2v) is 6.42. The van der Waals surface area contributed by atoms with Crippen molar-refractivity contribution in [1.82, 2.24) is 5.01 Å². The van der Waals surface area contributed by atoms with Gasteiger partial charge < -0.3 is 4.74 Å². The fraction of sp³-hybridized carbons (Fsp3) is 0.353. The molecule has 1 saturated heterocycles. The number of carbonyl (C=O) groups excluding carboxylic acids is 2. The maximum absolute atomic E-state index is 12.5. The van der Waals surface area contributed by atoms with Gasteiger partial charge in [0.15, 0.2) is 5.75 Å². The predicted molar refractivity (Wildman–Crippen MR) is 86.8 cm³/mol. The van der Waals surface area contributed by atoms with Gasteiger partial charge in [-0.3, -0.25) is 19.7 Å². The van der Waals surface area contributed by atoms with E-state index in [1.807, 2.05) is 12.2 Å². The summed E-state index contributed by atoms with van der Waals surface area (Å²) in [4.78, 5) is 35.5. The number of hydrazone groups is 1. The normalized spacial score (nSPS) is 29.7. The quantitative estimate of drug-likeness (QED) is 0.273. The van der Waals surface area contributed by atoms with Gasteiger partial charge in [-0.15, -0.1) is 0 Å². The van der Waals surface area contributed by atoms with Gasteiger partial charge >= 0.3 is 5.69 Å². The molecule has 3 aliphatic rings. The van der Waals surface area contributed by atoms with E-state index in [-0.39, 0.29) is 46.9 Å². The number of allylic oxidation sites excluding steroid dienone is 2. The van der Waals surface area contributed by atoms with E-state index in [2.05, 4.69) is 5.10 Å². The van der Waals surface area contributed by atoms with Gasteiger partial charge in [-0.05, 0) is 30.4 Å². The lowest BCUT2D eigenvalue weighted by Crippen LogP contribution is -2.28. The zero-order chi connectivity index (χ0) is 17.7. The number of nitrogens with zero attached hydrogens (tertiary/aromatic N) is 3. The molecular formula is C17H15N3O5. The summed E-state index contributed by atoms with van der Waals surface area (Å²) in [5.41, 5.74) is 0.205. The third-order valence-corrected chi connectivity index (χ3v) is 5.17. The van der Waals surface area contributed by atoms with Crippen LogP contribution in [0.25, 0.3) is 0 Å². The van der Waals surface area contributed by atoms with E-state index in [1.165, 1.54) is 25.5 Å². The second kappa shape index (κ2) is 5.51. The number of nitro benzene ring substituents is 1. The number of ether oxygens (including phenoxy) is 1. The SMILES string of the molecule is COc1ccc(/C=N\N2C(=O)[C@@H]3[C@@H](C2=O)[C@@H]2C=C[C@@H]3C2)cc1[N+](=O)[O-]. The molecule has 8 nitrogen and oxygen atoms in total. The summed E-state index contributed by atoms with van der Waals surface area (Å²) in [6, 6.07) is 4.32. The van der Waals surface area contributed by atoms with Crippen LogP contribution in [0.4, 0.5) is 5.69 Å². The van der Waals surface area contributed by atoms with Crippen molar-refractivity contribution >= 4 is 23.7 Å². The summed E-state index contributed by atoms with van der Waals surface area (Å²) in [5, 5.41) is 16.0. The standard InChI is InChI=1S/C17H15N3O5/c1-25-13-5-2-9(6-12(13)20(23)24)8-18-19-16(21)14-10-3-4-11(7-10)15(14)17(19)22/h2-6,8,10-11,14-15H,7H2,1H3/b18-8-/t10-,11-,14+,15+/m1/s1. The fourth-order valence-electron chi connectivity index (χ4n) is 4.05. The highest BCUT2D eigenvalue weighted by atomic mass is 16.6. The molecule has 1 aliphatic heterocycles. The minimum Gasteiger partial charge on any atom is -0.490 e. The molecule has 0 N–H and O–H groups in total. The van der Waals surface area contributed by atoms with Crippen molar-refractivity contribution < 1.29 is 19.2 Å². The van der Waals surface area contributed by atoms with Crippen LogP contribution in [0.3, 0.4) is 0 Å². The van der Waals surface area contributed by atoms with Crippen LogP contribution in [0.15, 0.2) is 35.5 Å². The predicted octanol–water partition coefficient (Wildman–Crippen LogP) is 1.74. The van der Waals surface area contributed by atoms with Crippen LogP contribution in [-0.4, -0.2) is 35.1 Å². The Morgan fingerprint density at radius 1 is 1.24 bits per heavy atom. The summed E-state index contributed by atoms with van der Waals surface area (Å²) < 4.78 is 4.94. The van der Waals surface area contributed by atoms with Crippen molar-refractivity contribution in [2.24, 2.45) is 28.8 Å². The van der Waals surface area contributed by atoms with Crippen molar-refractivity contribution in [2.75, 3.05) is 7.11 Å². The molecule has 0 radical (unpaired) electrons. The molecule has 1 aromatic rings. The average molecular weight is 341 g/mol. The number of rotatable bonds is 4. The molecule has 1 saturated carbocycles. The Balaban J connectivity index is 1.59. The van der Waals surface area contributed by atoms with Gasteiger partial charge in [0.25, 0.3) is 11.8 Å². The van der Waals surface area contributed by atoms with Crippen molar-refractivity contribution in [3.8, 4) is 5.75 Å². The lowest BCUT2D eigenvalue weighted by Gasteiger charge is -2.13. The molecule has 1 heterocycles. The molecule has 1 aromatic carbocycles. The Morgan fingerprint density at radius 3 is 2.44 bits per heavy atom. The summed E-state index contributed by atoms with van der Waals surface area (Å²) in [7, 11) is 1.35. The zero-order valence-electron chi connectivity index (χ0n) is 13.4. The van der Waals surface area contributed by atoms with Gasteiger partial charge in [-0.25, -0.2) is 0 Å². The molecule has 2 bridgehead atoms. The fourth-order valence-corrected chi connectivity index (χ4v) is 4.05. The molecule has 4 rings (SSSR count). The largest absolute Gasteiger partial charge is 0.490 e. The van der Waals surface area contributed by atoms with E-state index in [4.69, 9.17) is 4.74 Å². The van der Waals surface area contributed by atoms with E-state index >= 15 is 0 Å². The number of nitro groups is 1. The topological polar surface area (TPSA) is 102 Å². The monoisotopic (exact) mass is 341 g/mol. The Hall–Kier alpha value is -3.03. The first-order valence-corrected chi connectivity index (χ1v) is 7.94. The molecule has 8 heteroatoms. The van der Waals surface area contributed by atoms with Crippen LogP contribution >= 0.6 is 0 Å². The molecule has 0 unspecified atom stereocenters. The van der Waals surface area contributed by atoms with E-state index in [0.717, 1.165) is 11.4 Å². The highest BCUT2D eigenvalue weighted by Crippen LogP contribution is 2.52. The number of imide groups is 1. The van der Waals surface area contributed by atoms with E-state index in [9.17, 15) is 19.7 Å². The molecule has 2 fully saturated rings. The number of benzene rings is 1. The van der Waals surface area contributed by atoms with Crippen LogP contribution in [0.2, 0.25) is 0 Å².